The molecule has 5 heteroatoms. The van der Waals surface area contributed by atoms with E-state index in [4.69, 9.17) is 14.7 Å². The molecule has 2 aliphatic heterocycles. The summed E-state index contributed by atoms with van der Waals surface area (Å²) in [5.41, 5.74) is 3.93. The molecule has 0 bridgehead atoms. The van der Waals surface area contributed by atoms with Crippen LogP contribution in [0.5, 0.6) is 5.75 Å². The van der Waals surface area contributed by atoms with Crippen LogP contribution in [-0.2, 0) is 19.5 Å². The summed E-state index contributed by atoms with van der Waals surface area (Å²) < 4.78 is 5.27. The molecule has 0 saturated carbocycles. The van der Waals surface area contributed by atoms with Gasteiger partial charge in [0, 0.05) is 44.2 Å². The molecule has 144 valence electrons. The van der Waals surface area contributed by atoms with Crippen molar-refractivity contribution in [1.29, 1.82) is 0 Å². The van der Waals surface area contributed by atoms with Gasteiger partial charge >= 0.3 is 0 Å². The van der Waals surface area contributed by atoms with Crippen molar-refractivity contribution in [2.75, 3.05) is 31.6 Å². The van der Waals surface area contributed by atoms with Gasteiger partial charge in [0.05, 0.1) is 12.8 Å². The lowest BCUT2D eigenvalue weighted by Gasteiger charge is -2.31. The van der Waals surface area contributed by atoms with Gasteiger partial charge in [-0.2, -0.15) is 0 Å². The van der Waals surface area contributed by atoms with Gasteiger partial charge in [0.2, 0.25) is 0 Å². The van der Waals surface area contributed by atoms with Crippen LogP contribution in [-0.4, -0.2) is 41.6 Å². The quantitative estimate of drug-likeness (QED) is 0.806. The van der Waals surface area contributed by atoms with Gasteiger partial charge in [-0.15, -0.1) is 0 Å². The largest absolute Gasteiger partial charge is 0.497 e. The van der Waals surface area contributed by atoms with Crippen molar-refractivity contribution in [3.8, 4) is 5.75 Å². The van der Waals surface area contributed by atoms with E-state index in [2.05, 4.69) is 35.8 Å². The summed E-state index contributed by atoms with van der Waals surface area (Å²) in [6.07, 6.45) is 3.59. The van der Waals surface area contributed by atoms with Gasteiger partial charge in [-0.1, -0.05) is 26.0 Å². The number of hydrogen-bond donors (Lipinski definition) is 0. The third-order valence-electron chi connectivity index (χ3n) is 5.63. The molecule has 1 aromatic heterocycles. The summed E-state index contributed by atoms with van der Waals surface area (Å²) in [5, 5.41) is 0. The van der Waals surface area contributed by atoms with Crippen LogP contribution in [0.2, 0.25) is 0 Å². The molecule has 0 radical (unpaired) electrons. The van der Waals surface area contributed by atoms with Crippen LogP contribution in [0, 0.1) is 0 Å². The Morgan fingerprint density at radius 3 is 2.44 bits per heavy atom. The van der Waals surface area contributed by atoms with Crippen molar-refractivity contribution in [2.45, 2.75) is 52.1 Å². The van der Waals surface area contributed by atoms with Gasteiger partial charge in [0.15, 0.2) is 0 Å². The number of aromatic nitrogens is 2. The lowest BCUT2D eigenvalue weighted by molar-refractivity contribution is 0.240. The Morgan fingerprint density at radius 1 is 1.04 bits per heavy atom. The summed E-state index contributed by atoms with van der Waals surface area (Å²) in [6.45, 7) is 9.56. The first-order chi connectivity index (χ1) is 13.1. The molecule has 3 heterocycles. The van der Waals surface area contributed by atoms with Gasteiger partial charge in [-0.25, -0.2) is 9.97 Å². The number of rotatable bonds is 5. The highest BCUT2D eigenvalue weighted by atomic mass is 16.5. The van der Waals surface area contributed by atoms with E-state index in [0.717, 1.165) is 50.7 Å². The molecule has 5 nitrogen and oxygen atoms in total. The van der Waals surface area contributed by atoms with Gasteiger partial charge < -0.3 is 9.64 Å². The van der Waals surface area contributed by atoms with E-state index < -0.39 is 0 Å². The summed E-state index contributed by atoms with van der Waals surface area (Å²) in [5.74, 6) is 3.47. The molecular weight excluding hydrogens is 336 g/mol. The van der Waals surface area contributed by atoms with Crippen LogP contribution in [0.3, 0.4) is 0 Å². The number of ether oxygens (including phenoxy) is 1. The first kappa shape index (κ1) is 18.2. The maximum absolute atomic E-state index is 5.27. The number of methoxy groups -OCH3 is 1. The lowest BCUT2D eigenvalue weighted by atomic mass is 10.0. The number of fused-ring (bicyclic) bond motifs is 1. The van der Waals surface area contributed by atoms with Crippen LogP contribution in [0.15, 0.2) is 24.3 Å². The molecule has 0 unspecified atom stereocenters. The number of anilines is 1. The van der Waals surface area contributed by atoms with Crippen LogP contribution < -0.4 is 9.64 Å². The fourth-order valence-electron chi connectivity index (χ4n) is 4.06. The van der Waals surface area contributed by atoms with E-state index in [1.807, 2.05) is 12.1 Å². The second kappa shape index (κ2) is 7.85. The molecule has 4 rings (SSSR count). The van der Waals surface area contributed by atoms with E-state index in [-0.39, 0.29) is 0 Å². The molecule has 2 aromatic rings. The van der Waals surface area contributed by atoms with E-state index >= 15 is 0 Å². The minimum absolute atomic E-state index is 0.355. The smallest absolute Gasteiger partial charge is 0.135 e. The summed E-state index contributed by atoms with van der Waals surface area (Å²) in [7, 11) is 1.71. The topological polar surface area (TPSA) is 41.5 Å². The average molecular weight is 367 g/mol. The summed E-state index contributed by atoms with van der Waals surface area (Å²) >= 11 is 0. The molecule has 27 heavy (non-hydrogen) atoms. The molecule has 1 aromatic carbocycles. The Kier molecular flexibility index (Phi) is 5.30. The molecular formula is C22H30N4O. The fraction of sp³-hybridized carbons (Fsp3) is 0.545. The maximum atomic E-state index is 5.27. The molecule has 0 aliphatic carbocycles. The molecule has 0 atom stereocenters. The highest BCUT2D eigenvalue weighted by molar-refractivity contribution is 5.51. The predicted molar refractivity (Wildman–Crippen MR) is 108 cm³/mol. The Hall–Kier alpha value is -2.14. The summed E-state index contributed by atoms with van der Waals surface area (Å²) in [6, 6.07) is 8.39. The number of nitrogens with zero attached hydrogens (tertiary/aromatic N) is 4. The molecule has 0 spiro atoms. The minimum Gasteiger partial charge on any atom is -0.497 e. The summed E-state index contributed by atoms with van der Waals surface area (Å²) in [4.78, 5) is 14.9. The maximum Gasteiger partial charge on any atom is 0.135 e. The molecule has 2 aliphatic rings. The zero-order valence-corrected chi connectivity index (χ0v) is 16.7. The lowest BCUT2D eigenvalue weighted by Crippen LogP contribution is -2.33. The third kappa shape index (κ3) is 3.93. The van der Waals surface area contributed by atoms with Crippen LogP contribution in [0.1, 0.15) is 55.3 Å². The van der Waals surface area contributed by atoms with Crippen molar-refractivity contribution in [3.05, 3.63) is 46.9 Å². The van der Waals surface area contributed by atoms with E-state index in [9.17, 15) is 0 Å². The van der Waals surface area contributed by atoms with Crippen molar-refractivity contribution in [1.82, 2.24) is 14.9 Å². The first-order valence-corrected chi connectivity index (χ1v) is 10.1. The Bertz CT molecular complexity index is 782. The monoisotopic (exact) mass is 366 g/mol. The van der Waals surface area contributed by atoms with Crippen molar-refractivity contribution < 1.29 is 4.74 Å². The predicted octanol–water partition coefficient (Wildman–Crippen LogP) is 3.77. The van der Waals surface area contributed by atoms with E-state index in [0.29, 0.717) is 5.92 Å². The average Bonchev–Trinajstić information content (AvgIpc) is 3.22. The fourth-order valence-corrected chi connectivity index (χ4v) is 4.06. The zero-order chi connectivity index (χ0) is 18.8. The van der Waals surface area contributed by atoms with Gasteiger partial charge in [0.25, 0.3) is 0 Å². The second-order valence-corrected chi connectivity index (χ2v) is 7.99. The highest BCUT2D eigenvalue weighted by Gasteiger charge is 2.26. The molecule has 0 N–H and O–H groups in total. The minimum atomic E-state index is 0.355. The van der Waals surface area contributed by atoms with E-state index in [1.54, 1.807) is 7.11 Å². The van der Waals surface area contributed by atoms with Crippen LogP contribution in [0.4, 0.5) is 5.82 Å². The van der Waals surface area contributed by atoms with Crippen molar-refractivity contribution >= 4 is 5.82 Å². The second-order valence-electron chi connectivity index (χ2n) is 7.99. The Balaban J connectivity index is 1.57. The van der Waals surface area contributed by atoms with E-state index in [1.165, 1.54) is 35.5 Å². The third-order valence-corrected chi connectivity index (χ3v) is 5.63. The van der Waals surface area contributed by atoms with Crippen molar-refractivity contribution in [2.24, 2.45) is 0 Å². The first-order valence-electron chi connectivity index (χ1n) is 10.1. The normalized spacial score (nSPS) is 17.4. The van der Waals surface area contributed by atoms with Gasteiger partial charge in [-0.3, -0.25) is 4.90 Å². The number of benzene rings is 1. The Labute approximate surface area is 162 Å². The SMILES string of the molecule is COc1ccc(CN2CCc3c(nc(C(C)C)nc3N3CCCC3)C2)cc1. The number of hydrogen-bond acceptors (Lipinski definition) is 5. The van der Waals surface area contributed by atoms with Crippen LogP contribution in [0.25, 0.3) is 0 Å². The zero-order valence-electron chi connectivity index (χ0n) is 16.7. The molecule has 0 amide bonds. The highest BCUT2D eigenvalue weighted by Crippen LogP contribution is 2.30. The standard InChI is InChI=1S/C22H30N4O/c1-16(2)21-23-20-15-25(14-17-6-8-18(27-3)9-7-17)13-10-19(20)22(24-21)26-11-4-5-12-26/h6-9,16H,4-5,10-15H2,1-3H3. The molecule has 1 saturated heterocycles. The molecule has 1 fully saturated rings. The van der Waals surface area contributed by atoms with Crippen LogP contribution >= 0.6 is 0 Å². The Morgan fingerprint density at radius 2 is 1.78 bits per heavy atom. The van der Waals surface area contributed by atoms with Crippen molar-refractivity contribution in [3.63, 3.8) is 0 Å². The van der Waals surface area contributed by atoms with Gasteiger partial charge in [0.1, 0.15) is 17.4 Å². The van der Waals surface area contributed by atoms with Gasteiger partial charge in [-0.05, 0) is 37.0 Å².